The molecule has 28 heavy (non-hydrogen) atoms. The second kappa shape index (κ2) is 8.12. The molecule has 0 spiro atoms. The van der Waals surface area contributed by atoms with E-state index in [2.05, 4.69) is 4.98 Å². The van der Waals surface area contributed by atoms with Crippen molar-refractivity contribution in [1.29, 1.82) is 0 Å². The highest BCUT2D eigenvalue weighted by Crippen LogP contribution is 2.33. The van der Waals surface area contributed by atoms with Gasteiger partial charge in [-0.05, 0) is 18.4 Å². The maximum atomic E-state index is 12.8. The number of carbonyl (C=O) groups excluding carboxylic acids is 1. The number of likely N-dealkylation sites (N-methyl/N-ethyl adjacent to an activating group) is 1. The topological polar surface area (TPSA) is 79.7 Å². The van der Waals surface area contributed by atoms with Crippen LogP contribution in [0.25, 0.3) is 20.7 Å². The summed E-state index contributed by atoms with van der Waals surface area (Å²) in [5, 5.41) is 4.64. The molecule has 1 saturated heterocycles. The fourth-order valence-corrected chi connectivity index (χ4v) is 5.10. The summed E-state index contributed by atoms with van der Waals surface area (Å²) >= 11 is 3.09. The van der Waals surface area contributed by atoms with Gasteiger partial charge in [-0.15, -0.1) is 22.7 Å². The summed E-state index contributed by atoms with van der Waals surface area (Å²) in [4.78, 5) is 37.6. The van der Waals surface area contributed by atoms with Gasteiger partial charge in [-0.3, -0.25) is 9.59 Å². The van der Waals surface area contributed by atoms with Crippen molar-refractivity contribution in [1.82, 2.24) is 14.9 Å². The number of ether oxygens (including phenoxy) is 1. The SMILES string of the molecule is C[C@H](c1nc2scc(-c3cccs3)c2c(=O)[nH]1)[NH+](C)CC(=O)N1CCOCC1. The summed E-state index contributed by atoms with van der Waals surface area (Å²) < 4.78 is 5.31. The molecule has 3 aromatic heterocycles. The molecule has 1 unspecified atom stereocenters. The van der Waals surface area contributed by atoms with Crippen LogP contribution >= 0.6 is 22.7 Å². The zero-order chi connectivity index (χ0) is 19.7. The van der Waals surface area contributed by atoms with E-state index in [1.165, 1.54) is 11.3 Å². The van der Waals surface area contributed by atoms with Gasteiger partial charge in [0.15, 0.2) is 12.4 Å². The zero-order valence-electron chi connectivity index (χ0n) is 15.9. The summed E-state index contributed by atoms with van der Waals surface area (Å²) in [5.41, 5.74) is 0.815. The van der Waals surface area contributed by atoms with Gasteiger partial charge < -0.3 is 19.5 Å². The van der Waals surface area contributed by atoms with Gasteiger partial charge in [-0.2, -0.15) is 0 Å². The lowest BCUT2D eigenvalue weighted by Gasteiger charge is -2.28. The molecule has 148 valence electrons. The van der Waals surface area contributed by atoms with Crippen molar-refractivity contribution >= 4 is 38.8 Å². The van der Waals surface area contributed by atoms with E-state index in [0.29, 0.717) is 44.1 Å². The molecule has 1 amide bonds. The van der Waals surface area contributed by atoms with Gasteiger partial charge in [-0.25, -0.2) is 4.98 Å². The van der Waals surface area contributed by atoms with Crippen LogP contribution < -0.4 is 10.5 Å². The van der Waals surface area contributed by atoms with E-state index in [0.717, 1.165) is 20.2 Å². The van der Waals surface area contributed by atoms with Gasteiger partial charge in [0.05, 0.1) is 25.6 Å². The van der Waals surface area contributed by atoms with Crippen LogP contribution in [0.3, 0.4) is 0 Å². The standard InChI is InChI=1S/C19H22N4O3S2/c1-12(22(2)10-15(24)23-5-7-26-8-6-23)17-20-18(25)16-13(11-28-19(16)21-17)14-4-3-9-27-14/h3-4,9,11-12H,5-8,10H2,1-2H3,(H,20,21,25)/p+1/t12-/m1/s1. The highest BCUT2D eigenvalue weighted by molar-refractivity contribution is 7.18. The smallest absolute Gasteiger partial charge is 0.277 e. The van der Waals surface area contributed by atoms with Gasteiger partial charge in [-0.1, -0.05) is 6.07 Å². The first-order valence-corrected chi connectivity index (χ1v) is 11.0. The summed E-state index contributed by atoms with van der Waals surface area (Å²) in [6.45, 7) is 4.81. The van der Waals surface area contributed by atoms with Crippen molar-refractivity contribution in [3.63, 3.8) is 0 Å². The van der Waals surface area contributed by atoms with E-state index in [9.17, 15) is 9.59 Å². The zero-order valence-corrected chi connectivity index (χ0v) is 17.5. The number of fused-ring (bicyclic) bond motifs is 1. The number of aromatic nitrogens is 2. The molecule has 4 heterocycles. The Balaban J connectivity index is 1.55. The lowest BCUT2D eigenvalue weighted by Crippen LogP contribution is -3.10. The number of aromatic amines is 1. The quantitative estimate of drug-likeness (QED) is 0.650. The predicted octanol–water partition coefficient (Wildman–Crippen LogP) is 1.15. The molecule has 0 saturated carbocycles. The Bertz CT molecular complexity index is 1020. The van der Waals surface area contributed by atoms with E-state index in [1.807, 2.05) is 41.8 Å². The molecule has 2 N–H and O–H groups in total. The summed E-state index contributed by atoms with van der Waals surface area (Å²) in [6.07, 6.45) is 0. The molecule has 4 rings (SSSR count). The molecule has 0 radical (unpaired) electrons. The van der Waals surface area contributed by atoms with Crippen LogP contribution in [0.5, 0.6) is 0 Å². The Morgan fingerprint density at radius 1 is 1.39 bits per heavy atom. The number of nitrogens with zero attached hydrogens (tertiary/aromatic N) is 2. The number of nitrogens with one attached hydrogen (secondary N) is 2. The number of morpholine rings is 1. The molecular formula is C19H23N4O3S2+. The monoisotopic (exact) mass is 419 g/mol. The first kappa shape index (κ1) is 19.3. The van der Waals surface area contributed by atoms with Crippen molar-refractivity contribution in [2.24, 2.45) is 0 Å². The van der Waals surface area contributed by atoms with Gasteiger partial charge in [0.25, 0.3) is 11.5 Å². The molecule has 3 aromatic rings. The normalized spacial score (nSPS) is 17.0. The number of hydrogen-bond donors (Lipinski definition) is 2. The van der Waals surface area contributed by atoms with Crippen LogP contribution in [0.4, 0.5) is 0 Å². The van der Waals surface area contributed by atoms with Crippen molar-refractivity contribution in [3.8, 4) is 10.4 Å². The number of carbonyl (C=O) groups is 1. The molecule has 0 aromatic carbocycles. The van der Waals surface area contributed by atoms with Crippen molar-refractivity contribution in [3.05, 3.63) is 39.1 Å². The minimum atomic E-state index is -0.121. The fraction of sp³-hybridized carbons (Fsp3) is 0.421. The van der Waals surface area contributed by atoms with Crippen LogP contribution in [0.15, 0.2) is 27.7 Å². The number of hydrogen-bond acceptors (Lipinski definition) is 6. The van der Waals surface area contributed by atoms with E-state index in [1.54, 1.807) is 11.3 Å². The number of amides is 1. The third kappa shape index (κ3) is 3.75. The molecule has 0 bridgehead atoms. The fourth-order valence-electron chi connectivity index (χ4n) is 3.33. The molecule has 1 aliphatic rings. The third-order valence-electron chi connectivity index (χ3n) is 5.19. The molecule has 1 aliphatic heterocycles. The van der Waals surface area contributed by atoms with Crippen LogP contribution in [-0.4, -0.2) is 60.7 Å². The van der Waals surface area contributed by atoms with E-state index in [4.69, 9.17) is 9.72 Å². The number of H-pyrrole nitrogens is 1. The lowest BCUT2D eigenvalue weighted by atomic mass is 10.2. The molecule has 0 aliphatic carbocycles. The molecule has 9 heteroatoms. The Morgan fingerprint density at radius 3 is 2.89 bits per heavy atom. The highest BCUT2D eigenvalue weighted by Gasteiger charge is 2.26. The minimum Gasteiger partial charge on any atom is -0.378 e. The molecular weight excluding hydrogens is 396 g/mol. The number of rotatable bonds is 5. The third-order valence-corrected chi connectivity index (χ3v) is 6.97. The average molecular weight is 420 g/mol. The van der Waals surface area contributed by atoms with Crippen LogP contribution in [0, 0.1) is 0 Å². The van der Waals surface area contributed by atoms with Gasteiger partial charge in [0.2, 0.25) is 0 Å². The number of thiophene rings is 2. The minimum absolute atomic E-state index is 0.102. The summed E-state index contributed by atoms with van der Waals surface area (Å²) in [5.74, 6) is 0.719. The maximum Gasteiger partial charge on any atom is 0.277 e. The molecule has 1 fully saturated rings. The first-order valence-electron chi connectivity index (χ1n) is 9.27. The second-order valence-electron chi connectivity index (χ2n) is 7.00. The summed E-state index contributed by atoms with van der Waals surface area (Å²) in [6, 6.07) is 3.89. The van der Waals surface area contributed by atoms with Gasteiger partial charge in [0, 0.05) is 28.9 Å². The van der Waals surface area contributed by atoms with E-state index < -0.39 is 0 Å². The van der Waals surface area contributed by atoms with E-state index in [-0.39, 0.29) is 17.5 Å². The van der Waals surface area contributed by atoms with Crippen LogP contribution in [-0.2, 0) is 9.53 Å². The highest BCUT2D eigenvalue weighted by atomic mass is 32.1. The maximum absolute atomic E-state index is 12.8. The van der Waals surface area contributed by atoms with Gasteiger partial charge in [0.1, 0.15) is 10.9 Å². The molecule has 7 nitrogen and oxygen atoms in total. The number of quaternary nitrogens is 1. The van der Waals surface area contributed by atoms with Crippen molar-refractivity contribution in [2.75, 3.05) is 39.9 Å². The Kier molecular flexibility index (Phi) is 5.58. The first-order chi connectivity index (χ1) is 13.5. The Labute approximate surface area is 170 Å². The van der Waals surface area contributed by atoms with Crippen LogP contribution in [0.1, 0.15) is 18.8 Å². The second-order valence-corrected chi connectivity index (χ2v) is 8.80. The van der Waals surface area contributed by atoms with Crippen molar-refractivity contribution in [2.45, 2.75) is 13.0 Å². The average Bonchev–Trinajstić information content (AvgIpc) is 3.37. The summed E-state index contributed by atoms with van der Waals surface area (Å²) in [7, 11) is 1.96. The largest absolute Gasteiger partial charge is 0.378 e. The van der Waals surface area contributed by atoms with Crippen LogP contribution in [0.2, 0.25) is 0 Å². The van der Waals surface area contributed by atoms with Gasteiger partial charge >= 0.3 is 0 Å². The Morgan fingerprint density at radius 2 is 2.18 bits per heavy atom. The van der Waals surface area contributed by atoms with E-state index >= 15 is 0 Å². The lowest BCUT2D eigenvalue weighted by molar-refractivity contribution is -0.903. The molecule has 2 atom stereocenters. The predicted molar refractivity (Wildman–Crippen MR) is 111 cm³/mol. The Hall–Kier alpha value is -2.07. The van der Waals surface area contributed by atoms with Crippen molar-refractivity contribution < 1.29 is 14.4 Å².